The summed E-state index contributed by atoms with van der Waals surface area (Å²) in [7, 11) is -2.89. The van der Waals surface area contributed by atoms with Gasteiger partial charge in [0.25, 0.3) is 0 Å². The third-order valence-corrected chi connectivity index (χ3v) is 15.6. The lowest BCUT2D eigenvalue weighted by Crippen LogP contribution is -2.53. The zero-order chi connectivity index (χ0) is 38.0. The van der Waals surface area contributed by atoms with Crippen LogP contribution in [0.1, 0.15) is 93.6 Å². The van der Waals surface area contributed by atoms with Gasteiger partial charge >= 0.3 is 5.97 Å². The van der Waals surface area contributed by atoms with Crippen LogP contribution in [0.4, 0.5) is 0 Å². The van der Waals surface area contributed by atoms with Crippen LogP contribution in [-0.2, 0) is 15.3 Å². The van der Waals surface area contributed by atoms with Gasteiger partial charge in [0, 0.05) is 81.2 Å². The molecule has 2 aromatic rings. The lowest BCUT2D eigenvalue weighted by Gasteiger charge is -2.53. The van der Waals surface area contributed by atoms with Crippen molar-refractivity contribution in [3.8, 4) is 0 Å². The lowest BCUT2D eigenvalue weighted by molar-refractivity contribution is 0.0667. The molecule has 0 unspecified atom stereocenters. The number of allylic oxidation sites excluding steroid dienone is 2. The zero-order valence-corrected chi connectivity index (χ0v) is 34.0. The van der Waals surface area contributed by atoms with E-state index < -0.39 is 15.8 Å². The molecule has 0 radical (unpaired) electrons. The van der Waals surface area contributed by atoms with E-state index in [0.717, 1.165) is 57.8 Å². The Hall–Kier alpha value is -2.82. The fourth-order valence-corrected chi connectivity index (χ4v) is 12.1. The van der Waals surface area contributed by atoms with Gasteiger partial charge in [-0.3, -0.25) is 9.80 Å². The molecule has 0 aromatic heterocycles. The SMILES string of the molecule is CC1(C)C(c2ccc(C(=O)O)cc2)=CC[C@]2(C)CN(C3CCC(CN(CCN4CCCCC4)CCN4CCS(=O)(=O)CC4)(c4ccccc4)CC3)CC=C12. The van der Waals surface area contributed by atoms with Crippen molar-refractivity contribution in [2.24, 2.45) is 10.8 Å². The van der Waals surface area contributed by atoms with Crippen LogP contribution in [0.5, 0.6) is 0 Å². The summed E-state index contributed by atoms with van der Waals surface area (Å²) in [5, 5.41) is 9.43. The number of benzene rings is 2. The van der Waals surface area contributed by atoms with E-state index in [9.17, 15) is 18.3 Å². The average molecular weight is 757 g/mol. The number of hydrogen-bond donors (Lipinski definition) is 1. The summed E-state index contributed by atoms with van der Waals surface area (Å²) < 4.78 is 24.3. The van der Waals surface area contributed by atoms with Crippen molar-refractivity contribution in [1.29, 1.82) is 0 Å². The molecule has 5 aliphatic rings. The van der Waals surface area contributed by atoms with Gasteiger partial charge in [-0.1, -0.05) is 87.4 Å². The normalized spacial score (nSPS) is 29.3. The van der Waals surface area contributed by atoms with Crippen molar-refractivity contribution in [2.45, 2.75) is 83.6 Å². The molecule has 3 fully saturated rings. The number of likely N-dealkylation sites (tertiary alicyclic amines) is 1. The smallest absolute Gasteiger partial charge is 0.335 e. The van der Waals surface area contributed by atoms with Gasteiger partial charge in [-0.25, -0.2) is 13.2 Å². The molecule has 1 saturated carbocycles. The van der Waals surface area contributed by atoms with Crippen LogP contribution in [0.25, 0.3) is 5.57 Å². The first-order chi connectivity index (χ1) is 25.9. The summed E-state index contributed by atoms with van der Waals surface area (Å²) in [5.41, 5.74) is 5.80. The Kier molecular flexibility index (Phi) is 11.9. The molecule has 8 nitrogen and oxygen atoms in total. The summed E-state index contributed by atoms with van der Waals surface area (Å²) in [6.07, 6.45) is 14.7. The predicted octanol–water partition coefficient (Wildman–Crippen LogP) is 6.85. The van der Waals surface area contributed by atoms with Gasteiger partial charge in [0.2, 0.25) is 0 Å². The molecule has 2 saturated heterocycles. The monoisotopic (exact) mass is 756 g/mol. The number of rotatable bonds is 12. The van der Waals surface area contributed by atoms with Crippen LogP contribution in [0.2, 0.25) is 0 Å². The molecule has 2 aliphatic carbocycles. The standard InChI is InChI=1S/C45H64N4O4S/c1-43(2)40(36-12-14-37(15-13-36)42(50)51)18-20-44(3)34-49(25-19-41(43)44)39-16-21-45(22-17-39,38-10-6-4-7-11-38)35-48(28-26-46-23-8-5-9-24-46)29-27-47-30-32-54(52,53)33-31-47/h4,6-7,10-15,18-19,39H,5,8-9,16-17,20-35H2,1-3H3,(H,50,51)/t39?,44-,45?/m1/s1. The number of piperidine rings is 1. The molecule has 3 heterocycles. The molecular formula is C45H64N4O4S. The van der Waals surface area contributed by atoms with Gasteiger partial charge in [0.05, 0.1) is 17.1 Å². The van der Waals surface area contributed by atoms with Crippen molar-refractivity contribution in [2.75, 3.05) is 83.5 Å². The summed E-state index contributed by atoms with van der Waals surface area (Å²) in [4.78, 5) is 22.1. The highest BCUT2D eigenvalue weighted by molar-refractivity contribution is 7.91. The number of fused-ring (bicyclic) bond motifs is 1. The number of carboxylic acids is 1. The molecular weight excluding hydrogens is 693 g/mol. The second-order valence-electron chi connectivity index (χ2n) is 18.0. The van der Waals surface area contributed by atoms with Crippen molar-refractivity contribution in [1.82, 2.24) is 19.6 Å². The third-order valence-electron chi connectivity index (χ3n) is 14.0. The fourth-order valence-electron chi connectivity index (χ4n) is 10.8. The van der Waals surface area contributed by atoms with Crippen LogP contribution in [0, 0.1) is 10.8 Å². The molecule has 1 atom stereocenters. The van der Waals surface area contributed by atoms with Gasteiger partial charge < -0.3 is 14.9 Å². The largest absolute Gasteiger partial charge is 0.478 e. The Bertz CT molecular complexity index is 1760. The van der Waals surface area contributed by atoms with E-state index >= 15 is 0 Å². The van der Waals surface area contributed by atoms with Crippen molar-refractivity contribution in [3.63, 3.8) is 0 Å². The van der Waals surface area contributed by atoms with Gasteiger partial charge in [0.1, 0.15) is 0 Å². The molecule has 1 N–H and O–H groups in total. The molecule has 0 spiro atoms. The first-order valence-electron chi connectivity index (χ1n) is 20.8. The second-order valence-corrected chi connectivity index (χ2v) is 20.3. The molecule has 9 heteroatoms. The number of carboxylic acid groups (broad SMARTS) is 1. The average Bonchev–Trinajstić information content (AvgIpc) is 3.17. The van der Waals surface area contributed by atoms with E-state index in [-0.39, 0.29) is 16.2 Å². The second kappa shape index (κ2) is 16.3. The molecule has 294 valence electrons. The van der Waals surface area contributed by atoms with E-state index in [1.807, 2.05) is 12.1 Å². The highest BCUT2D eigenvalue weighted by Crippen LogP contribution is 2.56. The van der Waals surface area contributed by atoms with Gasteiger partial charge in [-0.2, -0.15) is 0 Å². The lowest BCUT2D eigenvalue weighted by atomic mass is 9.58. The Labute approximate surface area is 325 Å². The predicted molar refractivity (Wildman–Crippen MR) is 220 cm³/mol. The van der Waals surface area contributed by atoms with Crippen LogP contribution >= 0.6 is 0 Å². The maximum Gasteiger partial charge on any atom is 0.335 e. The summed E-state index contributed by atoms with van der Waals surface area (Å²) in [6.45, 7) is 18.1. The minimum atomic E-state index is -2.89. The Morgan fingerprint density at radius 2 is 1.46 bits per heavy atom. The summed E-state index contributed by atoms with van der Waals surface area (Å²) in [5.74, 6) is -0.302. The van der Waals surface area contributed by atoms with E-state index in [0.29, 0.717) is 36.2 Å². The molecule has 7 rings (SSSR count). The highest BCUT2D eigenvalue weighted by Gasteiger charge is 2.48. The van der Waals surface area contributed by atoms with E-state index in [2.05, 4.69) is 82.9 Å². The number of sulfone groups is 1. The minimum absolute atomic E-state index is 0.0687. The summed E-state index contributed by atoms with van der Waals surface area (Å²) >= 11 is 0. The Morgan fingerprint density at radius 1 is 0.833 bits per heavy atom. The van der Waals surface area contributed by atoms with E-state index in [4.69, 9.17) is 0 Å². The molecule has 0 amide bonds. The Balaban J connectivity index is 1.05. The van der Waals surface area contributed by atoms with Crippen molar-refractivity contribution >= 4 is 21.4 Å². The van der Waals surface area contributed by atoms with Crippen LogP contribution < -0.4 is 0 Å². The van der Waals surface area contributed by atoms with E-state index in [1.54, 1.807) is 12.1 Å². The molecule has 3 aliphatic heterocycles. The van der Waals surface area contributed by atoms with Crippen molar-refractivity contribution < 1.29 is 18.3 Å². The quantitative estimate of drug-likeness (QED) is 0.236. The number of nitrogens with zero attached hydrogens (tertiary/aromatic N) is 4. The molecule has 2 aromatic carbocycles. The first-order valence-corrected chi connectivity index (χ1v) is 22.6. The topological polar surface area (TPSA) is 84.4 Å². The maximum atomic E-state index is 12.2. The van der Waals surface area contributed by atoms with Gasteiger partial charge in [-0.05, 0) is 86.9 Å². The minimum Gasteiger partial charge on any atom is -0.478 e. The molecule has 0 bridgehead atoms. The zero-order valence-electron chi connectivity index (χ0n) is 33.1. The van der Waals surface area contributed by atoms with E-state index in [1.165, 1.54) is 74.7 Å². The number of hydrogen-bond acceptors (Lipinski definition) is 7. The van der Waals surface area contributed by atoms with Gasteiger partial charge in [0.15, 0.2) is 9.84 Å². The molecule has 54 heavy (non-hydrogen) atoms. The maximum absolute atomic E-state index is 12.2. The first kappa shape index (κ1) is 39.4. The van der Waals surface area contributed by atoms with Crippen LogP contribution in [-0.4, -0.2) is 129 Å². The number of carbonyl (C=O) groups is 1. The Morgan fingerprint density at radius 3 is 2.09 bits per heavy atom. The highest BCUT2D eigenvalue weighted by atomic mass is 32.2. The summed E-state index contributed by atoms with van der Waals surface area (Å²) in [6, 6.07) is 19.3. The third kappa shape index (κ3) is 8.76. The fraction of sp³-hybridized carbons (Fsp3) is 0.622. The van der Waals surface area contributed by atoms with Crippen LogP contribution in [0.3, 0.4) is 0 Å². The van der Waals surface area contributed by atoms with Crippen molar-refractivity contribution in [3.05, 3.63) is 89.0 Å². The number of aromatic carboxylic acids is 1. The van der Waals surface area contributed by atoms with Crippen LogP contribution in [0.15, 0.2) is 72.3 Å². The van der Waals surface area contributed by atoms with Gasteiger partial charge in [-0.15, -0.1) is 0 Å².